The Hall–Kier alpha value is -0.780. The Kier molecular flexibility index (Phi) is 5.41. The molecule has 2 rings (SSSR count). The first-order valence-corrected chi connectivity index (χ1v) is 8.52. The number of ether oxygens (including phenoxy) is 1. The minimum atomic E-state index is -0.451. The summed E-state index contributed by atoms with van der Waals surface area (Å²) < 4.78 is 6.31. The van der Waals surface area contributed by atoms with E-state index in [1.54, 1.807) is 4.90 Å². The zero-order chi connectivity index (χ0) is 16.5. The average molecular weight is 390 g/mol. The summed E-state index contributed by atoms with van der Waals surface area (Å²) in [5.41, 5.74) is 0.606. The molecule has 1 saturated heterocycles. The van der Waals surface area contributed by atoms with Crippen LogP contribution >= 0.6 is 27.5 Å². The molecule has 1 aromatic rings. The molecular weight excluding hydrogens is 368 g/mol. The number of carbonyl (C=O) groups is 1. The molecule has 0 aliphatic carbocycles. The molecule has 1 amide bonds. The molecule has 1 aromatic carbocycles. The summed E-state index contributed by atoms with van der Waals surface area (Å²) in [7, 11) is 0. The minimum Gasteiger partial charge on any atom is -0.444 e. The van der Waals surface area contributed by atoms with Crippen LogP contribution in [0.25, 0.3) is 0 Å². The summed E-state index contributed by atoms with van der Waals surface area (Å²) in [6, 6.07) is 6.28. The third kappa shape index (κ3) is 4.61. The molecule has 0 aromatic heterocycles. The van der Waals surface area contributed by atoms with E-state index in [0.29, 0.717) is 13.1 Å². The largest absolute Gasteiger partial charge is 0.444 e. The second-order valence-electron chi connectivity index (χ2n) is 6.64. The van der Waals surface area contributed by atoms with Crippen molar-refractivity contribution in [2.24, 2.45) is 0 Å². The zero-order valence-corrected chi connectivity index (χ0v) is 15.7. The van der Waals surface area contributed by atoms with E-state index in [1.807, 2.05) is 39.0 Å². The Labute approximate surface area is 145 Å². The highest BCUT2D eigenvalue weighted by Crippen LogP contribution is 2.27. The SMILES string of the molecule is CC(NC1CN(C(=O)OC(C)(C)C)C1)c1ccc(Br)cc1Cl. The maximum absolute atomic E-state index is 11.9. The van der Waals surface area contributed by atoms with Gasteiger partial charge in [-0.1, -0.05) is 33.6 Å². The third-order valence-corrected chi connectivity index (χ3v) is 4.27. The van der Waals surface area contributed by atoms with Crippen LogP contribution in [0.15, 0.2) is 22.7 Å². The van der Waals surface area contributed by atoms with Gasteiger partial charge in [0.05, 0.1) is 0 Å². The van der Waals surface area contributed by atoms with Crippen LogP contribution in [0.5, 0.6) is 0 Å². The smallest absolute Gasteiger partial charge is 0.410 e. The standard InChI is InChI=1S/C16H22BrClN2O2/c1-10(13-6-5-11(17)7-14(13)18)19-12-8-20(9-12)15(21)22-16(2,3)4/h5-7,10,12,19H,8-9H2,1-4H3. The molecule has 1 aliphatic heterocycles. The van der Waals surface area contributed by atoms with Crippen LogP contribution in [0, 0.1) is 0 Å². The lowest BCUT2D eigenvalue weighted by Gasteiger charge is -2.41. The van der Waals surface area contributed by atoms with Gasteiger partial charge < -0.3 is 15.0 Å². The van der Waals surface area contributed by atoms with Crippen molar-refractivity contribution in [3.63, 3.8) is 0 Å². The van der Waals surface area contributed by atoms with Crippen LogP contribution < -0.4 is 5.32 Å². The van der Waals surface area contributed by atoms with Crippen molar-refractivity contribution in [2.45, 2.75) is 45.4 Å². The van der Waals surface area contributed by atoms with Gasteiger partial charge in [0.1, 0.15) is 5.60 Å². The van der Waals surface area contributed by atoms with Gasteiger partial charge in [0.25, 0.3) is 0 Å². The lowest BCUT2D eigenvalue weighted by Crippen LogP contribution is -2.60. The molecule has 0 saturated carbocycles. The van der Waals surface area contributed by atoms with Gasteiger partial charge in [0.15, 0.2) is 0 Å². The van der Waals surface area contributed by atoms with Crippen LogP contribution in [0.2, 0.25) is 5.02 Å². The minimum absolute atomic E-state index is 0.131. The number of likely N-dealkylation sites (tertiary alicyclic amines) is 1. The summed E-state index contributed by atoms with van der Waals surface area (Å²) in [6.07, 6.45) is -0.250. The number of hydrogen-bond acceptors (Lipinski definition) is 3. The van der Waals surface area contributed by atoms with E-state index < -0.39 is 5.60 Å². The quantitative estimate of drug-likeness (QED) is 0.834. The lowest BCUT2D eigenvalue weighted by atomic mass is 10.0. The Balaban J connectivity index is 1.83. The van der Waals surface area contributed by atoms with E-state index in [9.17, 15) is 4.79 Å². The molecular formula is C16H22BrClN2O2. The number of amides is 1. The molecule has 1 atom stereocenters. The summed E-state index contributed by atoms with van der Waals surface area (Å²) in [6.45, 7) is 9.01. The Morgan fingerprint density at radius 1 is 1.45 bits per heavy atom. The highest BCUT2D eigenvalue weighted by molar-refractivity contribution is 9.10. The van der Waals surface area contributed by atoms with Gasteiger partial charge in [-0.3, -0.25) is 0 Å². The molecule has 6 heteroatoms. The van der Waals surface area contributed by atoms with Crippen molar-refractivity contribution in [1.29, 1.82) is 0 Å². The fourth-order valence-corrected chi connectivity index (χ4v) is 3.19. The fourth-order valence-electron chi connectivity index (χ4n) is 2.36. The number of carbonyl (C=O) groups excluding carboxylic acids is 1. The van der Waals surface area contributed by atoms with Gasteiger partial charge in [0, 0.05) is 34.7 Å². The molecule has 0 radical (unpaired) electrons. The van der Waals surface area contributed by atoms with E-state index in [1.165, 1.54) is 0 Å². The number of halogens is 2. The molecule has 122 valence electrons. The molecule has 0 bridgehead atoms. The van der Waals surface area contributed by atoms with Crippen molar-refractivity contribution in [1.82, 2.24) is 10.2 Å². The number of rotatable bonds is 3. The number of nitrogens with zero attached hydrogens (tertiary/aromatic N) is 1. The van der Waals surface area contributed by atoms with E-state index >= 15 is 0 Å². The summed E-state index contributed by atoms with van der Waals surface area (Å²) >= 11 is 9.67. The Bertz CT molecular complexity index is 554. The van der Waals surface area contributed by atoms with E-state index in [-0.39, 0.29) is 18.2 Å². The predicted octanol–water partition coefficient (Wildman–Crippen LogP) is 4.37. The summed E-state index contributed by atoms with van der Waals surface area (Å²) in [5, 5.41) is 4.23. The van der Waals surface area contributed by atoms with Crippen LogP contribution in [-0.2, 0) is 4.74 Å². The first-order chi connectivity index (χ1) is 10.2. The van der Waals surface area contributed by atoms with Crippen molar-refractivity contribution >= 4 is 33.6 Å². The number of benzene rings is 1. The molecule has 1 fully saturated rings. The van der Waals surface area contributed by atoms with Gasteiger partial charge >= 0.3 is 6.09 Å². The highest BCUT2D eigenvalue weighted by atomic mass is 79.9. The molecule has 4 nitrogen and oxygen atoms in total. The predicted molar refractivity (Wildman–Crippen MR) is 92.3 cm³/mol. The molecule has 1 unspecified atom stereocenters. The molecule has 0 spiro atoms. The third-order valence-electron chi connectivity index (χ3n) is 3.45. The molecule has 1 aliphatic rings. The highest BCUT2D eigenvalue weighted by Gasteiger charge is 2.34. The summed E-state index contributed by atoms with van der Waals surface area (Å²) in [4.78, 5) is 13.6. The first kappa shape index (κ1) is 17.6. The summed E-state index contributed by atoms with van der Waals surface area (Å²) in [5.74, 6) is 0. The van der Waals surface area contributed by atoms with Gasteiger partial charge in [-0.25, -0.2) is 4.79 Å². The first-order valence-electron chi connectivity index (χ1n) is 7.34. The zero-order valence-electron chi connectivity index (χ0n) is 13.3. The van der Waals surface area contributed by atoms with Crippen LogP contribution in [0.1, 0.15) is 39.3 Å². The molecule has 1 N–H and O–H groups in total. The van der Waals surface area contributed by atoms with Crippen molar-refractivity contribution in [3.8, 4) is 0 Å². The topological polar surface area (TPSA) is 41.6 Å². The van der Waals surface area contributed by atoms with E-state index in [4.69, 9.17) is 16.3 Å². The van der Waals surface area contributed by atoms with E-state index in [2.05, 4.69) is 28.2 Å². The van der Waals surface area contributed by atoms with Crippen molar-refractivity contribution in [3.05, 3.63) is 33.3 Å². The van der Waals surface area contributed by atoms with Crippen LogP contribution in [0.3, 0.4) is 0 Å². The number of nitrogens with one attached hydrogen (secondary N) is 1. The van der Waals surface area contributed by atoms with Crippen molar-refractivity contribution in [2.75, 3.05) is 13.1 Å². The molecule has 1 heterocycles. The maximum atomic E-state index is 11.9. The van der Waals surface area contributed by atoms with Gasteiger partial charge in [-0.15, -0.1) is 0 Å². The Morgan fingerprint density at radius 3 is 2.64 bits per heavy atom. The van der Waals surface area contributed by atoms with E-state index in [0.717, 1.165) is 15.1 Å². The van der Waals surface area contributed by atoms with Gasteiger partial charge in [0.2, 0.25) is 0 Å². The fraction of sp³-hybridized carbons (Fsp3) is 0.562. The molecule has 22 heavy (non-hydrogen) atoms. The van der Waals surface area contributed by atoms with Gasteiger partial charge in [-0.05, 0) is 45.4 Å². The van der Waals surface area contributed by atoms with Crippen LogP contribution in [-0.4, -0.2) is 35.7 Å². The Morgan fingerprint density at radius 2 is 2.09 bits per heavy atom. The second kappa shape index (κ2) is 6.77. The van der Waals surface area contributed by atoms with Crippen LogP contribution in [0.4, 0.5) is 4.79 Å². The van der Waals surface area contributed by atoms with Crippen molar-refractivity contribution < 1.29 is 9.53 Å². The normalized spacial score (nSPS) is 17.1. The number of hydrogen-bond donors (Lipinski definition) is 1. The maximum Gasteiger partial charge on any atom is 0.410 e. The second-order valence-corrected chi connectivity index (χ2v) is 7.96. The van der Waals surface area contributed by atoms with Gasteiger partial charge in [-0.2, -0.15) is 0 Å². The average Bonchev–Trinajstić information content (AvgIpc) is 2.30. The monoisotopic (exact) mass is 388 g/mol. The lowest BCUT2D eigenvalue weighted by molar-refractivity contribution is 0.00434.